The lowest BCUT2D eigenvalue weighted by Gasteiger charge is -2.13. The van der Waals surface area contributed by atoms with E-state index in [2.05, 4.69) is 29.4 Å². The summed E-state index contributed by atoms with van der Waals surface area (Å²) in [7, 11) is 0. The number of hydrogen-bond donors (Lipinski definition) is 1. The zero-order valence-electron chi connectivity index (χ0n) is 14.3. The van der Waals surface area contributed by atoms with Crippen LogP contribution in [0, 0.1) is 11.7 Å². The Morgan fingerprint density at radius 3 is 2.75 bits per heavy atom. The Morgan fingerprint density at radius 1 is 1.33 bits per heavy atom. The van der Waals surface area contributed by atoms with Crippen molar-refractivity contribution in [2.75, 3.05) is 0 Å². The van der Waals surface area contributed by atoms with Crippen LogP contribution in [-0.2, 0) is 23.6 Å². The van der Waals surface area contributed by atoms with Crippen LogP contribution in [-0.4, -0.2) is 20.7 Å². The lowest BCUT2D eigenvalue weighted by atomic mass is 10.2. The maximum Gasteiger partial charge on any atom is 0.220 e. The predicted octanol–water partition coefficient (Wildman–Crippen LogP) is 3.39. The first-order chi connectivity index (χ1) is 11.5. The number of amides is 1. The maximum absolute atomic E-state index is 13.8. The molecule has 24 heavy (non-hydrogen) atoms. The molecule has 0 aliphatic carbocycles. The Balaban J connectivity index is 2.12. The molecule has 1 aromatic carbocycles. The molecule has 1 amide bonds. The first-order valence-corrected chi connectivity index (χ1v) is 9.04. The van der Waals surface area contributed by atoms with Crippen LogP contribution >= 0.6 is 11.8 Å². The van der Waals surface area contributed by atoms with Gasteiger partial charge >= 0.3 is 0 Å². The number of carbonyl (C=O) groups excluding carboxylic acids is 1. The largest absolute Gasteiger partial charge is 0.349 e. The number of aromatic nitrogens is 3. The molecule has 0 unspecified atom stereocenters. The van der Waals surface area contributed by atoms with Crippen molar-refractivity contribution in [3.63, 3.8) is 0 Å². The molecule has 0 fully saturated rings. The van der Waals surface area contributed by atoms with Gasteiger partial charge in [-0.05, 0) is 17.5 Å². The van der Waals surface area contributed by atoms with Crippen molar-refractivity contribution in [3.05, 3.63) is 41.5 Å². The van der Waals surface area contributed by atoms with Gasteiger partial charge in [-0.1, -0.05) is 50.7 Å². The Labute approximate surface area is 146 Å². The smallest absolute Gasteiger partial charge is 0.220 e. The third kappa shape index (κ3) is 5.06. The number of benzene rings is 1. The molecule has 7 heteroatoms. The fourth-order valence-corrected chi connectivity index (χ4v) is 3.12. The van der Waals surface area contributed by atoms with E-state index in [1.807, 2.05) is 17.6 Å². The van der Waals surface area contributed by atoms with E-state index >= 15 is 0 Å². The number of halogens is 1. The summed E-state index contributed by atoms with van der Waals surface area (Å²) in [5.74, 6) is 1.39. The number of nitrogens with one attached hydrogen (secondary N) is 1. The Morgan fingerprint density at radius 2 is 2.08 bits per heavy atom. The van der Waals surface area contributed by atoms with E-state index in [0.29, 0.717) is 30.2 Å². The van der Waals surface area contributed by atoms with E-state index < -0.39 is 0 Å². The van der Waals surface area contributed by atoms with E-state index in [0.717, 1.165) is 17.5 Å². The van der Waals surface area contributed by atoms with Crippen LogP contribution in [0.5, 0.6) is 0 Å². The van der Waals surface area contributed by atoms with Gasteiger partial charge in [0.25, 0.3) is 0 Å². The molecule has 0 spiro atoms. The second-order valence-corrected chi connectivity index (χ2v) is 6.86. The van der Waals surface area contributed by atoms with Crippen LogP contribution in [0.15, 0.2) is 29.4 Å². The van der Waals surface area contributed by atoms with Crippen LogP contribution in [0.4, 0.5) is 4.39 Å². The molecule has 1 heterocycles. The van der Waals surface area contributed by atoms with Gasteiger partial charge in [0.05, 0.1) is 6.54 Å². The Kier molecular flexibility index (Phi) is 6.78. The van der Waals surface area contributed by atoms with Crippen molar-refractivity contribution in [1.82, 2.24) is 20.1 Å². The van der Waals surface area contributed by atoms with Gasteiger partial charge in [0, 0.05) is 18.7 Å². The van der Waals surface area contributed by atoms with Gasteiger partial charge in [0.15, 0.2) is 11.0 Å². The highest BCUT2D eigenvalue weighted by Crippen LogP contribution is 2.24. The third-order valence-electron chi connectivity index (χ3n) is 3.42. The zero-order chi connectivity index (χ0) is 17.5. The van der Waals surface area contributed by atoms with Gasteiger partial charge in [-0.25, -0.2) is 4.39 Å². The molecule has 0 saturated heterocycles. The highest BCUT2D eigenvalue weighted by Gasteiger charge is 2.15. The third-order valence-corrected chi connectivity index (χ3v) is 4.44. The molecular weight excluding hydrogens is 327 g/mol. The van der Waals surface area contributed by atoms with Crippen LogP contribution in [0.25, 0.3) is 0 Å². The second kappa shape index (κ2) is 8.82. The number of nitrogens with zero attached hydrogens (tertiary/aromatic N) is 3. The molecule has 0 aliphatic rings. The fraction of sp³-hybridized carbons (Fsp3) is 0.471. The summed E-state index contributed by atoms with van der Waals surface area (Å²) in [5, 5.41) is 12.0. The lowest BCUT2D eigenvalue weighted by molar-refractivity contribution is -0.120. The summed E-state index contributed by atoms with van der Waals surface area (Å²) in [6, 6.07) is 6.73. The van der Waals surface area contributed by atoms with Crippen molar-refractivity contribution in [3.8, 4) is 0 Å². The molecule has 0 radical (unpaired) electrons. The van der Waals surface area contributed by atoms with Crippen molar-refractivity contribution in [2.24, 2.45) is 5.92 Å². The Bertz CT molecular complexity index is 687. The number of hydrogen-bond acceptors (Lipinski definition) is 4. The second-order valence-electron chi connectivity index (χ2n) is 5.91. The summed E-state index contributed by atoms with van der Waals surface area (Å²) in [6.45, 7) is 7.14. The van der Waals surface area contributed by atoms with Gasteiger partial charge < -0.3 is 9.88 Å². The van der Waals surface area contributed by atoms with E-state index in [1.54, 1.807) is 12.1 Å². The van der Waals surface area contributed by atoms with Crippen LogP contribution in [0.3, 0.4) is 0 Å². The van der Waals surface area contributed by atoms with E-state index in [9.17, 15) is 9.18 Å². The molecule has 0 saturated carbocycles. The predicted molar refractivity (Wildman–Crippen MR) is 93.0 cm³/mol. The van der Waals surface area contributed by atoms with Crippen molar-refractivity contribution >= 4 is 17.7 Å². The standard InChI is InChI=1S/C17H23FN4OS/c1-4-16(23)19-9-15-20-21-17(22(15)10-12(2)3)24-11-13-7-5-6-8-14(13)18/h5-8,12H,4,9-11H2,1-3H3,(H,19,23). The van der Waals surface area contributed by atoms with Crippen LogP contribution in [0.1, 0.15) is 38.6 Å². The molecule has 2 aromatic rings. The summed E-state index contributed by atoms with van der Waals surface area (Å²) in [6.07, 6.45) is 0.438. The molecule has 0 atom stereocenters. The average Bonchev–Trinajstić information content (AvgIpc) is 2.93. The molecule has 1 N–H and O–H groups in total. The van der Waals surface area contributed by atoms with E-state index in [4.69, 9.17) is 0 Å². The minimum atomic E-state index is -0.213. The van der Waals surface area contributed by atoms with Crippen molar-refractivity contribution in [1.29, 1.82) is 0 Å². The summed E-state index contributed by atoms with van der Waals surface area (Å²) in [4.78, 5) is 11.5. The molecule has 5 nitrogen and oxygen atoms in total. The topological polar surface area (TPSA) is 59.8 Å². The van der Waals surface area contributed by atoms with Crippen molar-refractivity contribution in [2.45, 2.75) is 51.2 Å². The van der Waals surface area contributed by atoms with Gasteiger partial charge in [0.1, 0.15) is 5.82 Å². The molecule has 130 valence electrons. The van der Waals surface area contributed by atoms with Gasteiger partial charge in [0.2, 0.25) is 5.91 Å². The number of rotatable bonds is 8. The monoisotopic (exact) mass is 350 g/mol. The minimum Gasteiger partial charge on any atom is -0.349 e. The van der Waals surface area contributed by atoms with E-state index in [1.165, 1.54) is 17.8 Å². The van der Waals surface area contributed by atoms with E-state index in [-0.39, 0.29) is 11.7 Å². The molecular formula is C17H23FN4OS. The molecule has 2 rings (SSSR count). The number of carbonyl (C=O) groups is 1. The van der Waals surface area contributed by atoms with Gasteiger partial charge in [-0.2, -0.15) is 0 Å². The average molecular weight is 350 g/mol. The maximum atomic E-state index is 13.8. The minimum absolute atomic E-state index is 0.0188. The normalized spacial score (nSPS) is 11.0. The lowest BCUT2D eigenvalue weighted by Crippen LogP contribution is -2.24. The van der Waals surface area contributed by atoms with Gasteiger partial charge in [-0.3, -0.25) is 4.79 Å². The first kappa shape index (κ1) is 18.4. The molecule has 1 aromatic heterocycles. The first-order valence-electron chi connectivity index (χ1n) is 8.06. The quantitative estimate of drug-likeness (QED) is 0.742. The zero-order valence-corrected chi connectivity index (χ0v) is 15.1. The number of thioether (sulfide) groups is 1. The Hall–Kier alpha value is -1.89. The van der Waals surface area contributed by atoms with Crippen LogP contribution in [0.2, 0.25) is 0 Å². The van der Waals surface area contributed by atoms with Crippen molar-refractivity contribution < 1.29 is 9.18 Å². The van der Waals surface area contributed by atoms with Gasteiger partial charge in [-0.15, -0.1) is 10.2 Å². The SMILES string of the molecule is CCC(=O)NCc1nnc(SCc2ccccc2F)n1CC(C)C. The summed E-state index contributed by atoms with van der Waals surface area (Å²) >= 11 is 1.45. The highest BCUT2D eigenvalue weighted by molar-refractivity contribution is 7.98. The summed E-state index contributed by atoms with van der Waals surface area (Å²) in [5.41, 5.74) is 0.641. The molecule has 0 aliphatic heterocycles. The highest BCUT2D eigenvalue weighted by atomic mass is 32.2. The molecule has 0 bridgehead atoms. The summed E-state index contributed by atoms with van der Waals surface area (Å²) < 4.78 is 15.8. The van der Waals surface area contributed by atoms with Crippen LogP contribution < -0.4 is 5.32 Å². The fourth-order valence-electron chi connectivity index (χ4n) is 2.17.